The molecule has 0 saturated heterocycles. The number of aromatic nitrogens is 2. The Hall–Kier alpha value is -3.49. The molecule has 5 rings (SSSR count). The van der Waals surface area contributed by atoms with E-state index in [9.17, 15) is 24.9 Å². The van der Waals surface area contributed by atoms with Crippen LogP contribution < -0.4 is 5.32 Å². The predicted molar refractivity (Wildman–Crippen MR) is 84.0 cm³/mol. The molecule has 9 heteroatoms. The smallest absolute Gasteiger partial charge is 0.282 e. The molecule has 4 aliphatic rings. The number of rotatable bonds is 1. The molecule has 1 aromatic rings. The first kappa shape index (κ1) is 13.9. The number of nitrogens with one attached hydrogen (secondary N) is 1. The summed E-state index contributed by atoms with van der Waals surface area (Å²) in [4.78, 5) is 39.9. The van der Waals surface area contributed by atoms with Crippen LogP contribution >= 0.6 is 0 Å². The van der Waals surface area contributed by atoms with Gasteiger partial charge < -0.3 is 5.21 Å². The molecular weight excluding hydrogens is 328 g/mol. The Labute approximate surface area is 139 Å². The lowest BCUT2D eigenvalue weighted by Crippen LogP contribution is -2.20. The van der Waals surface area contributed by atoms with Gasteiger partial charge in [0.15, 0.2) is 5.82 Å². The predicted octanol–water partition coefficient (Wildman–Crippen LogP) is 1.66. The van der Waals surface area contributed by atoms with Crippen molar-refractivity contribution < 1.29 is 19.7 Å². The van der Waals surface area contributed by atoms with E-state index in [2.05, 4.69) is 10.3 Å². The number of amides is 2. The van der Waals surface area contributed by atoms with Gasteiger partial charge in [0.25, 0.3) is 17.5 Å². The Bertz CT molecular complexity index is 1130. The summed E-state index contributed by atoms with van der Waals surface area (Å²) < 4.78 is 0.699. The van der Waals surface area contributed by atoms with Crippen molar-refractivity contribution in [1.82, 2.24) is 15.0 Å². The zero-order valence-electron chi connectivity index (χ0n) is 12.7. The second-order valence-electron chi connectivity index (χ2n) is 6.18. The highest BCUT2D eigenvalue weighted by atomic mass is 16.6. The number of hydrogen-bond donors (Lipinski definition) is 2. The molecule has 3 heterocycles. The Balaban J connectivity index is 2.09. The molecule has 2 N–H and O–H groups in total. The van der Waals surface area contributed by atoms with E-state index in [0.29, 0.717) is 28.7 Å². The van der Waals surface area contributed by atoms with Gasteiger partial charge in [-0.3, -0.25) is 25.0 Å². The Morgan fingerprint density at radius 2 is 1.88 bits per heavy atom. The summed E-state index contributed by atoms with van der Waals surface area (Å²) in [6.45, 7) is 0. The van der Waals surface area contributed by atoms with Crippen molar-refractivity contribution in [1.29, 1.82) is 0 Å². The highest BCUT2D eigenvalue weighted by Crippen LogP contribution is 2.46. The van der Waals surface area contributed by atoms with Crippen molar-refractivity contribution in [2.45, 2.75) is 19.3 Å². The number of pyridine rings is 1. The number of aryl methyl sites for hydroxylation is 1. The maximum Gasteiger partial charge on any atom is 0.282 e. The summed E-state index contributed by atoms with van der Waals surface area (Å²) >= 11 is 0. The second-order valence-corrected chi connectivity index (χ2v) is 6.18. The van der Waals surface area contributed by atoms with Gasteiger partial charge in [0.2, 0.25) is 0 Å². The first-order valence-corrected chi connectivity index (χ1v) is 7.71. The van der Waals surface area contributed by atoms with Gasteiger partial charge in [-0.1, -0.05) is 0 Å². The number of benzene rings is 1. The van der Waals surface area contributed by atoms with Crippen LogP contribution in [0.5, 0.6) is 0 Å². The van der Waals surface area contributed by atoms with Gasteiger partial charge in [0.05, 0.1) is 27.8 Å². The van der Waals surface area contributed by atoms with E-state index in [-0.39, 0.29) is 28.0 Å². The topological polar surface area (TPSA) is 127 Å². The minimum absolute atomic E-state index is 0.00107. The third-order valence-electron chi connectivity index (χ3n) is 4.96. The average molecular weight is 338 g/mol. The Morgan fingerprint density at radius 1 is 1.16 bits per heavy atom. The van der Waals surface area contributed by atoms with E-state index in [1.54, 1.807) is 0 Å². The SMILES string of the molecule is O=C1NC(=O)c2c1c1c(c3nc4n(O)ccc([N+](=O)[O-])c-4c23)CCC1. The van der Waals surface area contributed by atoms with Crippen LogP contribution in [0.3, 0.4) is 0 Å². The fourth-order valence-corrected chi connectivity index (χ4v) is 4.03. The van der Waals surface area contributed by atoms with Crippen LogP contribution in [0.15, 0.2) is 12.3 Å². The number of carbonyl (C=O) groups excluding carboxylic acids is 2. The average Bonchev–Trinajstić information content (AvgIpc) is 3.23. The maximum atomic E-state index is 12.4. The molecule has 1 aliphatic carbocycles. The largest absolute Gasteiger partial charge is 0.427 e. The molecule has 0 aromatic heterocycles. The monoisotopic (exact) mass is 338 g/mol. The summed E-state index contributed by atoms with van der Waals surface area (Å²) in [6.07, 6.45) is 3.27. The lowest BCUT2D eigenvalue weighted by molar-refractivity contribution is -0.384. The molecule has 124 valence electrons. The van der Waals surface area contributed by atoms with Gasteiger partial charge in [0, 0.05) is 11.5 Å². The number of nitrogens with zero attached hydrogens (tertiary/aromatic N) is 3. The van der Waals surface area contributed by atoms with Crippen molar-refractivity contribution in [2.24, 2.45) is 0 Å². The first-order valence-electron chi connectivity index (χ1n) is 7.71. The summed E-state index contributed by atoms with van der Waals surface area (Å²) in [5.74, 6) is -1.07. The van der Waals surface area contributed by atoms with Crippen molar-refractivity contribution in [3.8, 4) is 11.4 Å². The molecule has 0 radical (unpaired) electrons. The van der Waals surface area contributed by atoms with E-state index in [0.717, 1.165) is 29.8 Å². The second kappa shape index (κ2) is 4.32. The van der Waals surface area contributed by atoms with Gasteiger partial charge >= 0.3 is 0 Å². The quantitative estimate of drug-likeness (QED) is 0.301. The third-order valence-corrected chi connectivity index (χ3v) is 4.96. The molecule has 0 atom stereocenters. The van der Waals surface area contributed by atoms with Gasteiger partial charge in [0.1, 0.15) is 5.56 Å². The zero-order chi connectivity index (χ0) is 17.5. The summed E-state index contributed by atoms with van der Waals surface area (Å²) in [7, 11) is 0. The summed E-state index contributed by atoms with van der Waals surface area (Å²) in [5.41, 5.74) is 2.27. The van der Waals surface area contributed by atoms with Crippen LogP contribution in [0.1, 0.15) is 38.3 Å². The van der Waals surface area contributed by atoms with Crippen LogP contribution in [0.2, 0.25) is 0 Å². The number of imide groups is 1. The van der Waals surface area contributed by atoms with Crippen LogP contribution in [-0.4, -0.2) is 31.7 Å². The third kappa shape index (κ3) is 1.54. The van der Waals surface area contributed by atoms with Gasteiger partial charge in [-0.15, -0.1) is 0 Å². The number of fused-ring (bicyclic) bond motifs is 8. The summed E-state index contributed by atoms with van der Waals surface area (Å²) in [5, 5.41) is 24.1. The molecular formula is C16H10N4O5. The van der Waals surface area contributed by atoms with Gasteiger partial charge in [-0.2, -0.15) is 4.73 Å². The molecule has 2 amide bonds. The molecule has 0 fully saturated rings. The van der Waals surface area contributed by atoms with Crippen LogP contribution in [0.4, 0.5) is 5.69 Å². The normalized spacial score (nSPS) is 15.7. The minimum atomic E-state index is -0.586. The van der Waals surface area contributed by atoms with Crippen molar-refractivity contribution in [3.63, 3.8) is 0 Å². The van der Waals surface area contributed by atoms with Gasteiger partial charge in [-0.05, 0) is 30.4 Å². The standard InChI is InChI=1S/C16H10N4O5/c21-15-9-6-2-1-3-7(6)13-11(12(9)16(22)18-15)10-8(20(24)25)4-5-19(23)14(10)17-13/h4-5,23H,1-3H2,(H,18,21,22). The van der Waals surface area contributed by atoms with E-state index in [1.807, 2.05) is 0 Å². The van der Waals surface area contributed by atoms with Crippen LogP contribution in [0.25, 0.3) is 22.3 Å². The molecule has 3 aliphatic heterocycles. The fourth-order valence-electron chi connectivity index (χ4n) is 4.03. The van der Waals surface area contributed by atoms with Crippen LogP contribution in [-0.2, 0) is 12.8 Å². The van der Waals surface area contributed by atoms with E-state index < -0.39 is 16.7 Å². The van der Waals surface area contributed by atoms with Crippen molar-refractivity contribution >= 4 is 28.4 Å². The number of carbonyl (C=O) groups is 2. The number of hydrogen-bond acceptors (Lipinski definition) is 6. The zero-order valence-corrected chi connectivity index (χ0v) is 12.7. The Morgan fingerprint density at radius 3 is 2.64 bits per heavy atom. The van der Waals surface area contributed by atoms with Crippen molar-refractivity contribution in [2.75, 3.05) is 0 Å². The number of nitro groups is 1. The van der Waals surface area contributed by atoms with Crippen LogP contribution in [0, 0.1) is 10.1 Å². The lowest BCUT2D eigenvalue weighted by atomic mass is 9.93. The van der Waals surface area contributed by atoms with E-state index in [1.165, 1.54) is 0 Å². The molecule has 0 unspecified atom stereocenters. The molecule has 0 bridgehead atoms. The highest BCUT2D eigenvalue weighted by molar-refractivity contribution is 6.30. The lowest BCUT2D eigenvalue weighted by Gasteiger charge is -2.08. The van der Waals surface area contributed by atoms with E-state index >= 15 is 0 Å². The molecule has 0 saturated carbocycles. The minimum Gasteiger partial charge on any atom is -0.427 e. The molecule has 9 nitrogen and oxygen atoms in total. The Kier molecular flexibility index (Phi) is 2.40. The first-order chi connectivity index (χ1) is 12.0. The summed E-state index contributed by atoms with van der Waals surface area (Å²) in [6, 6.07) is 1.15. The molecule has 1 aromatic carbocycles. The van der Waals surface area contributed by atoms with Gasteiger partial charge in [-0.25, -0.2) is 4.98 Å². The van der Waals surface area contributed by atoms with E-state index in [4.69, 9.17) is 0 Å². The van der Waals surface area contributed by atoms with Crippen molar-refractivity contribution in [3.05, 3.63) is 44.6 Å². The maximum absolute atomic E-state index is 12.4. The molecule has 0 spiro atoms. The highest BCUT2D eigenvalue weighted by Gasteiger charge is 2.40. The molecule has 25 heavy (non-hydrogen) atoms. The fraction of sp³-hybridized carbons (Fsp3) is 0.188.